The fraction of sp³-hybridized carbons (Fsp3) is 0.267. The summed E-state index contributed by atoms with van der Waals surface area (Å²) in [5.41, 5.74) is 3.79. The Balaban J connectivity index is 2.35. The molecule has 1 aromatic carbocycles. The number of aromatic nitrogens is 1. The van der Waals surface area contributed by atoms with Crippen LogP contribution in [0.4, 0.5) is 0 Å². The van der Waals surface area contributed by atoms with Crippen LogP contribution in [0.3, 0.4) is 0 Å². The molecule has 0 aliphatic carbocycles. The zero-order chi connectivity index (χ0) is 12.1. The number of pyridine rings is 1. The van der Waals surface area contributed by atoms with Crippen LogP contribution in [-0.4, -0.2) is 11.5 Å². The highest BCUT2D eigenvalue weighted by Crippen LogP contribution is 2.21. The molecule has 2 heteroatoms. The van der Waals surface area contributed by atoms with Gasteiger partial charge in [0.1, 0.15) is 0 Å². The van der Waals surface area contributed by atoms with Gasteiger partial charge in [0, 0.05) is 12.4 Å². The van der Waals surface area contributed by atoms with E-state index in [0.717, 1.165) is 6.54 Å². The van der Waals surface area contributed by atoms with Crippen LogP contribution in [0.2, 0.25) is 0 Å². The molecular formula is C15H18N2. The second-order valence-electron chi connectivity index (χ2n) is 4.19. The monoisotopic (exact) mass is 226 g/mol. The maximum absolute atomic E-state index is 4.20. The third kappa shape index (κ3) is 2.92. The van der Waals surface area contributed by atoms with Crippen molar-refractivity contribution in [2.45, 2.75) is 19.9 Å². The lowest BCUT2D eigenvalue weighted by Crippen LogP contribution is -2.22. The highest BCUT2D eigenvalue weighted by atomic mass is 14.9. The molecule has 2 aromatic rings. The molecule has 0 bridgehead atoms. The Morgan fingerprint density at radius 3 is 2.65 bits per heavy atom. The van der Waals surface area contributed by atoms with Crippen molar-refractivity contribution in [3.63, 3.8) is 0 Å². The number of rotatable bonds is 4. The second kappa shape index (κ2) is 5.60. The smallest absolute Gasteiger partial charge is 0.0591 e. The first-order chi connectivity index (χ1) is 8.31. The van der Waals surface area contributed by atoms with Crippen LogP contribution in [0.25, 0.3) is 0 Å². The lowest BCUT2D eigenvalue weighted by atomic mass is 9.99. The minimum absolute atomic E-state index is 0.230. The van der Waals surface area contributed by atoms with Gasteiger partial charge in [-0.15, -0.1) is 0 Å². The molecule has 88 valence electrons. The first-order valence-electron chi connectivity index (χ1n) is 6.01. The molecule has 0 fully saturated rings. The molecule has 0 aliphatic heterocycles. The predicted molar refractivity (Wildman–Crippen MR) is 70.9 cm³/mol. The largest absolute Gasteiger partial charge is 0.306 e. The fourth-order valence-electron chi connectivity index (χ4n) is 2.03. The van der Waals surface area contributed by atoms with E-state index in [9.17, 15) is 0 Å². The van der Waals surface area contributed by atoms with Gasteiger partial charge in [0.2, 0.25) is 0 Å². The Hall–Kier alpha value is -1.67. The third-order valence-corrected chi connectivity index (χ3v) is 2.80. The molecule has 0 saturated carbocycles. The van der Waals surface area contributed by atoms with Crippen LogP contribution in [-0.2, 0) is 0 Å². The van der Waals surface area contributed by atoms with E-state index < -0.39 is 0 Å². The molecular weight excluding hydrogens is 208 g/mol. The number of nitrogens with zero attached hydrogens (tertiary/aromatic N) is 1. The number of nitrogens with one attached hydrogen (secondary N) is 1. The van der Waals surface area contributed by atoms with Crippen LogP contribution in [0.1, 0.15) is 29.7 Å². The minimum Gasteiger partial charge on any atom is -0.306 e. The van der Waals surface area contributed by atoms with E-state index in [-0.39, 0.29) is 6.04 Å². The van der Waals surface area contributed by atoms with Gasteiger partial charge in [-0.25, -0.2) is 0 Å². The van der Waals surface area contributed by atoms with E-state index >= 15 is 0 Å². The van der Waals surface area contributed by atoms with Crippen molar-refractivity contribution in [2.75, 3.05) is 6.54 Å². The van der Waals surface area contributed by atoms with Crippen LogP contribution >= 0.6 is 0 Å². The summed E-state index contributed by atoms with van der Waals surface area (Å²) in [6.45, 7) is 5.18. The molecule has 0 aliphatic rings. The van der Waals surface area contributed by atoms with E-state index in [1.54, 1.807) is 0 Å². The molecule has 1 N–H and O–H groups in total. The summed E-state index contributed by atoms with van der Waals surface area (Å²) in [6.07, 6.45) is 3.73. The molecule has 1 heterocycles. The van der Waals surface area contributed by atoms with Crippen molar-refractivity contribution < 1.29 is 0 Å². The summed E-state index contributed by atoms with van der Waals surface area (Å²) in [5, 5.41) is 3.50. The summed E-state index contributed by atoms with van der Waals surface area (Å²) in [4.78, 5) is 4.20. The maximum Gasteiger partial charge on any atom is 0.0591 e. The topological polar surface area (TPSA) is 24.9 Å². The Morgan fingerprint density at radius 1 is 1.18 bits per heavy atom. The average Bonchev–Trinajstić information content (AvgIpc) is 2.37. The molecule has 2 rings (SSSR count). The average molecular weight is 226 g/mol. The van der Waals surface area contributed by atoms with Gasteiger partial charge in [-0.1, -0.05) is 42.8 Å². The van der Waals surface area contributed by atoms with Gasteiger partial charge in [-0.3, -0.25) is 4.98 Å². The van der Waals surface area contributed by atoms with Gasteiger partial charge in [-0.2, -0.15) is 0 Å². The Bertz CT molecular complexity index is 465. The Kier molecular flexibility index (Phi) is 3.89. The van der Waals surface area contributed by atoms with Crippen LogP contribution in [0.5, 0.6) is 0 Å². The van der Waals surface area contributed by atoms with Crippen molar-refractivity contribution in [3.8, 4) is 0 Å². The van der Waals surface area contributed by atoms with E-state index in [4.69, 9.17) is 0 Å². The SMILES string of the molecule is CCNC(c1cccnc1)c1cccc(C)c1. The quantitative estimate of drug-likeness (QED) is 0.866. The molecule has 1 atom stereocenters. The third-order valence-electron chi connectivity index (χ3n) is 2.80. The number of aryl methyl sites for hydroxylation is 1. The van der Waals surface area contributed by atoms with Crippen molar-refractivity contribution in [2.24, 2.45) is 0 Å². The van der Waals surface area contributed by atoms with Gasteiger partial charge < -0.3 is 5.32 Å². The first-order valence-corrected chi connectivity index (χ1v) is 6.01. The molecule has 0 amide bonds. The zero-order valence-electron chi connectivity index (χ0n) is 10.4. The van der Waals surface area contributed by atoms with Crippen molar-refractivity contribution >= 4 is 0 Å². The number of hydrogen-bond donors (Lipinski definition) is 1. The summed E-state index contributed by atoms with van der Waals surface area (Å²) in [6, 6.07) is 12.9. The lowest BCUT2D eigenvalue weighted by molar-refractivity contribution is 0.628. The Morgan fingerprint density at radius 2 is 2.00 bits per heavy atom. The van der Waals surface area contributed by atoms with Gasteiger partial charge >= 0.3 is 0 Å². The minimum atomic E-state index is 0.230. The molecule has 0 radical (unpaired) electrons. The van der Waals surface area contributed by atoms with Crippen molar-refractivity contribution in [3.05, 3.63) is 65.5 Å². The second-order valence-corrected chi connectivity index (χ2v) is 4.19. The summed E-state index contributed by atoms with van der Waals surface area (Å²) in [5.74, 6) is 0. The Labute approximate surface area is 103 Å². The van der Waals surface area contributed by atoms with Crippen molar-refractivity contribution in [1.82, 2.24) is 10.3 Å². The fourth-order valence-corrected chi connectivity index (χ4v) is 2.03. The summed E-state index contributed by atoms with van der Waals surface area (Å²) >= 11 is 0. The van der Waals surface area contributed by atoms with Crippen LogP contribution in [0, 0.1) is 6.92 Å². The number of hydrogen-bond acceptors (Lipinski definition) is 2. The predicted octanol–water partition coefficient (Wildman–Crippen LogP) is 3.09. The zero-order valence-corrected chi connectivity index (χ0v) is 10.4. The first kappa shape index (κ1) is 11.8. The highest BCUT2D eigenvalue weighted by Gasteiger charge is 2.12. The van der Waals surface area contributed by atoms with E-state index in [2.05, 4.69) is 54.5 Å². The summed E-state index contributed by atoms with van der Waals surface area (Å²) in [7, 11) is 0. The molecule has 0 saturated heterocycles. The van der Waals surface area contributed by atoms with E-state index in [1.807, 2.05) is 18.5 Å². The molecule has 0 spiro atoms. The van der Waals surface area contributed by atoms with E-state index in [1.165, 1.54) is 16.7 Å². The maximum atomic E-state index is 4.20. The molecule has 1 aromatic heterocycles. The van der Waals surface area contributed by atoms with Crippen LogP contribution in [0.15, 0.2) is 48.8 Å². The van der Waals surface area contributed by atoms with Crippen molar-refractivity contribution in [1.29, 1.82) is 0 Å². The molecule has 1 unspecified atom stereocenters. The standard InChI is InChI=1S/C15H18N2/c1-3-17-15(14-8-5-9-16-11-14)13-7-4-6-12(2)10-13/h4-11,15,17H,3H2,1-2H3. The van der Waals surface area contributed by atoms with Crippen LogP contribution < -0.4 is 5.32 Å². The highest BCUT2D eigenvalue weighted by molar-refractivity contribution is 5.32. The van der Waals surface area contributed by atoms with Gasteiger partial charge in [-0.05, 0) is 30.7 Å². The molecule has 17 heavy (non-hydrogen) atoms. The molecule has 2 nitrogen and oxygen atoms in total. The van der Waals surface area contributed by atoms with Gasteiger partial charge in [0.05, 0.1) is 6.04 Å². The summed E-state index contributed by atoms with van der Waals surface area (Å²) < 4.78 is 0. The normalized spacial score (nSPS) is 12.4. The lowest BCUT2D eigenvalue weighted by Gasteiger charge is -2.18. The van der Waals surface area contributed by atoms with E-state index in [0.29, 0.717) is 0 Å². The van der Waals surface area contributed by atoms with Gasteiger partial charge in [0.15, 0.2) is 0 Å². The number of benzene rings is 1. The van der Waals surface area contributed by atoms with Gasteiger partial charge in [0.25, 0.3) is 0 Å².